The lowest BCUT2D eigenvalue weighted by molar-refractivity contribution is -0.118. The maximum atomic E-state index is 12.9. The van der Waals surface area contributed by atoms with Crippen LogP contribution in [0.4, 0.5) is 0 Å². The van der Waals surface area contributed by atoms with E-state index < -0.39 is 0 Å². The standard InChI is InChI=1S/C22H24N4O2S/c1-15-6-4-5-7-18(15)12-19-16(2)25-22(26(3)21(19)28)29-14-20(27)24-13-17-8-10-23-11-9-17/h4-11H,12-14H2,1-3H3,(H,24,27). The molecule has 2 heterocycles. The molecular formula is C22H24N4O2S. The molecule has 1 aromatic carbocycles. The average Bonchev–Trinajstić information content (AvgIpc) is 2.73. The number of aryl methyl sites for hydroxylation is 2. The van der Waals surface area contributed by atoms with E-state index in [0.29, 0.717) is 29.4 Å². The summed E-state index contributed by atoms with van der Waals surface area (Å²) in [6.45, 7) is 4.34. The lowest BCUT2D eigenvalue weighted by Gasteiger charge is -2.13. The fourth-order valence-corrected chi connectivity index (χ4v) is 3.78. The number of nitrogens with one attached hydrogen (secondary N) is 1. The molecule has 0 atom stereocenters. The van der Waals surface area contributed by atoms with Gasteiger partial charge in [-0.3, -0.25) is 19.1 Å². The third-order valence-electron chi connectivity index (χ3n) is 4.75. The van der Waals surface area contributed by atoms with E-state index in [9.17, 15) is 9.59 Å². The van der Waals surface area contributed by atoms with Crippen molar-refractivity contribution in [2.24, 2.45) is 7.05 Å². The fourth-order valence-electron chi connectivity index (χ4n) is 2.94. The summed E-state index contributed by atoms with van der Waals surface area (Å²) in [6, 6.07) is 11.7. The minimum Gasteiger partial charge on any atom is -0.351 e. The second-order valence-electron chi connectivity index (χ2n) is 6.85. The zero-order valence-corrected chi connectivity index (χ0v) is 17.6. The number of nitrogens with zero attached hydrogens (tertiary/aromatic N) is 3. The SMILES string of the molecule is Cc1ccccc1Cc1c(C)nc(SCC(=O)NCc2ccncc2)n(C)c1=O. The number of benzene rings is 1. The summed E-state index contributed by atoms with van der Waals surface area (Å²) >= 11 is 1.26. The first-order valence-corrected chi connectivity index (χ1v) is 10.3. The Morgan fingerprint density at radius 1 is 1.14 bits per heavy atom. The van der Waals surface area contributed by atoms with Crippen LogP contribution in [0.25, 0.3) is 0 Å². The van der Waals surface area contributed by atoms with E-state index in [0.717, 1.165) is 16.7 Å². The van der Waals surface area contributed by atoms with Gasteiger partial charge >= 0.3 is 0 Å². The Balaban J connectivity index is 1.67. The molecule has 0 saturated carbocycles. The molecule has 0 aliphatic carbocycles. The highest BCUT2D eigenvalue weighted by Crippen LogP contribution is 2.17. The zero-order chi connectivity index (χ0) is 20.8. The molecule has 1 N–H and O–H groups in total. The predicted molar refractivity (Wildman–Crippen MR) is 115 cm³/mol. The third-order valence-corrected chi connectivity index (χ3v) is 5.78. The number of thioether (sulfide) groups is 1. The summed E-state index contributed by atoms with van der Waals surface area (Å²) in [5.74, 6) is 0.0878. The molecule has 0 unspecified atom stereocenters. The molecule has 2 aromatic heterocycles. The van der Waals surface area contributed by atoms with Gasteiger partial charge in [-0.15, -0.1) is 0 Å². The van der Waals surface area contributed by atoms with Gasteiger partial charge in [-0.25, -0.2) is 4.98 Å². The second-order valence-corrected chi connectivity index (χ2v) is 7.79. The first-order valence-electron chi connectivity index (χ1n) is 9.35. The van der Waals surface area contributed by atoms with Gasteiger partial charge in [0, 0.05) is 43.7 Å². The molecule has 6 nitrogen and oxygen atoms in total. The molecule has 0 fully saturated rings. The molecule has 0 aliphatic heterocycles. The van der Waals surface area contributed by atoms with Crippen LogP contribution in [-0.2, 0) is 24.8 Å². The highest BCUT2D eigenvalue weighted by atomic mass is 32.2. The summed E-state index contributed by atoms with van der Waals surface area (Å²) in [5, 5.41) is 3.41. The number of carbonyl (C=O) groups is 1. The maximum Gasteiger partial charge on any atom is 0.257 e. The van der Waals surface area contributed by atoms with Gasteiger partial charge in [0.2, 0.25) is 5.91 Å². The van der Waals surface area contributed by atoms with Gasteiger partial charge in [0.1, 0.15) is 0 Å². The molecular weight excluding hydrogens is 384 g/mol. The molecule has 3 aromatic rings. The molecule has 150 valence electrons. The Morgan fingerprint density at radius 3 is 2.59 bits per heavy atom. The van der Waals surface area contributed by atoms with Crippen LogP contribution in [0, 0.1) is 13.8 Å². The molecule has 3 rings (SSSR count). The van der Waals surface area contributed by atoms with E-state index in [1.807, 2.05) is 50.2 Å². The molecule has 0 saturated heterocycles. The highest BCUT2D eigenvalue weighted by Gasteiger charge is 2.15. The number of amides is 1. The fraction of sp³-hybridized carbons (Fsp3) is 0.273. The monoisotopic (exact) mass is 408 g/mol. The van der Waals surface area contributed by atoms with Crippen molar-refractivity contribution in [2.45, 2.75) is 32.0 Å². The normalized spacial score (nSPS) is 10.7. The van der Waals surface area contributed by atoms with Gasteiger partial charge in [0.15, 0.2) is 5.16 Å². The molecule has 0 spiro atoms. The number of carbonyl (C=O) groups excluding carboxylic acids is 1. The number of hydrogen-bond acceptors (Lipinski definition) is 5. The molecule has 0 aliphatic rings. The quantitative estimate of drug-likeness (QED) is 0.481. The lowest BCUT2D eigenvalue weighted by Crippen LogP contribution is -2.28. The Morgan fingerprint density at radius 2 is 1.86 bits per heavy atom. The van der Waals surface area contributed by atoms with Crippen molar-refractivity contribution in [2.75, 3.05) is 5.75 Å². The van der Waals surface area contributed by atoms with Gasteiger partial charge in [-0.1, -0.05) is 36.0 Å². The van der Waals surface area contributed by atoms with Gasteiger partial charge in [0.05, 0.1) is 5.75 Å². The van der Waals surface area contributed by atoms with Crippen LogP contribution >= 0.6 is 11.8 Å². The Bertz CT molecular complexity index is 1060. The summed E-state index contributed by atoms with van der Waals surface area (Å²) in [6.07, 6.45) is 3.93. The first-order chi connectivity index (χ1) is 14.0. The minimum absolute atomic E-state index is 0.0690. The lowest BCUT2D eigenvalue weighted by atomic mass is 10.0. The van der Waals surface area contributed by atoms with Crippen LogP contribution in [0.3, 0.4) is 0 Å². The molecule has 0 bridgehead atoms. The minimum atomic E-state index is -0.109. The summed E-state index contributed by atoms with van der Waals surface area (Å²) in [5.41, 5.74) is 4.58. The summed E-state index contributed by atoms with van der Waals surface area (Å²) in [4.78, 5) is 33.6. The number of pyridine rings is 1. The van der Waals surface area contributed by atoms with Gasteiger partial charge in [-0.2, -0.15) is 0 Å². The number of aromatic nitrogens is 3. The largest absolute Gasteiger partial charge is 0.351 e. The van der Waals surface area contributed by atoms with Crippen LogP contribution in [0.2, 0.25) is 0 Å². The molecule has 1 amide bonds. The Labute approximate surface area is 174 Å². The molecule has 29 heavy (non-hydrogen) atoms. The topological polar surface area (TPSA) is 76.9 Å². The van der Waals surface area contributed by atoms with Gasteiger partial charge in [-0.05, 0) is 42.7 Å². The third kappa shape index (κ3) is 5.32. The van der Waals surface area contributed by atoms with Crippen molar-refractivity contribution in [1.82, 2.24) is 19.9 Å². The second kappa shape index (κ2) is 9.52. The van der Waals surface area contributed by atoms with E-state index in [1.54, 1.807) is 19.4 Å². The maximum absolute atomic E-state index is 12.9. The van der Waals surface area contributed by atoms with Gasteiger partial charge < -0.3 is 5.32 Å². The van der Waals surface area contributed by atoms with Crippen LogP contribution in [0.15, 0.2) is 58.7 Å². The van der Waals surface area contributed by atoms with Crippen LogP contribution in [0.1, 0.15) is 27.9 Å². The van der Waals surface area contributed by atoms with Crippen LogP contribution in [0.5, 0.6) is 0 Å². The van der Waals surface area contributed by atoms with Crippen molar-refractivity contribution < 1.29 is 4.79 Å². The van der Waals surface area contributed by atoms with E-state index in [1.165, 1.54) is 16.3 Å². The Kier molecular flexibility index (Phi) is 6.82. The predicted octanol–water partition coefficient (Wildman–Crippen LogP) is 2.79. The van der Waals surface area contributed by atoms with Crippen molar-refractivity contribution in [1.29, 1.82) is 0 Å². The average molecular weight is 409 g/mol. The number of rotatable bonds is 7. The first kappa shape index (κ1) is 20.8. The van der Waals surface area contributed by atoms with Crippen molar-refractivity contribution >= 4 is 17.7 Å². The smallest absolute Gasteiger partial charge is 0.257 e. The molecule has 0 radical (unpaired) electrons. The molecule has 7 heteroatoms. The summed E-state index contributed by atoms with van der Waals surface area (Å²) in [7, 11) is 1.70. The van der Waals surface area contributed by atoms with Crippen LogP contribution < -0.4 is 10.9 Å². The van der Waals surface area contributed by atoms with Crippen molar-refractivity contribution in [3.05, 3.63) is 87.1 Å². The van der Waals surface area contributed by atoms with E-state index in [4.69, 9.17) is 0 Å². The van der Waals surface area contributed by atoms with E-state index >= 15 is 0 Å². The zero-order valence-electron chi connectivity index (χ0n) is 16.8. The Hall–Kier alpha value is -2.93. The van der Waals surface area contributed by atoms with Crippen molar-refractivity contribution in [3.63, 3.8) is 0 Å². The van der Waals surface area contributed by atoms with E-state index in [2.05, 4.69) is 15.3 Å². The van der Waals surface area contributed by atoms with Gasteiger partial charge in [0.25, 0.3) is 5.56 Å². The van der Waals surface area contributed by atoms with Crippen molar-refractivity contribution in [3.8, 4) is 0 Å². The van der Waals surface area contributed by atoms with Crippen LogP contribution in [-0.4, -0.2) is 26.2 Å². The number of hydrogen-bond donors (Lipinski definition) is 1. The summed E-state index contributed by atoms with van der Waals surface area (Å²) < 4.78 is 1.53. The van der Waals surface area contributed by atoms with E-state index in [-0.39, 0.29) is 17.2 Å². The highest BCUT2D eigenvalue weighted by molar-refractivity contribution is 7.99.